The number of carbonyl (C=O) groups is 1. The number of imidazole rings is 1. The number of aliphatic hydroxyl groups excluding tert-OH is 1. The molecule has 6 atom stereocenters. The molecule has 2 aromatic rings. The van der Waals surface area contributed by atoms with Crippen molar-refractivity contribution >= 4 is 5.91 Å². The second kappa shape index (κ2) is 13.0. The third-order valence-corrected chi connectivity index (χ3v) is 9.14. The second-order valence-electron chi connectivity index (χ2n) is 12.0. The van der Waals surface area contributed by atoms with Gasteiger partial charge in [0.05, 0.1) is 30.8 Å². The standard InChI is InChI=1S/C30H42F3N5O4/c1-42-18-29(41)13-6-5-12-25(29)38-19-35-26(27(38)20-8-3-2-4-9-20)28(40)37-15-14-34-17-21(37)16-23(39)22-10-7-11-24(36-22)30(31,32)33/h2-4,8-9,19,21-25,34,36,39,41H,5-7,10-18H2,1H3/t21-,22?,23?,24?,25-,29-/m1/s1. The zero-order chi connectivity index (χ0) is 29.9. The van der Waals surface area contributed by atoms with Crippen LogP contribution in [0.5, 0.6) is 0 Å². The number of nitrogens with zero attached hydrogens (tertiary/aromatic N) is 3. The summed E-state index contributed by atoms with van der Waals surface area (Å²) in [7, 11) is 1.57. The Morgan fingerprint density at radius 2 is 1.98 bits per heavy atom. The zero-order valence-corrected chi connectivity index (χ0v) is 24.0. The molecule has 0 bridgehead atoms. The zero-order valence-electron chi connectivity index (χ0n) is 24.0. The molecule has 232 valence electrons. The van der Waals surface area contributed by atoms with Gasteiger partial charge >= 0.3 is 6.18 Å². The number of aliphatic hydroxyl groups is 2. The summed E-state index contributed by atoms with van der Waals surface area (Å²) in [5.74, 6) is -0.304. The number of hydrogen-bond donors (Lipinski definition) is 4. The Morgan fingerprint density at radius 1 is 1.19 bits per heavy atom. The molecule has 12 heteroatoms. The molecule has 1 saturated carbocycles. The molecule has 5 rings (SSSR count). The van der Waals surface area contributed by atoms with Crippen molar-refractivity contribution in [3.8, 4) is 11.3 Å². The van der Waals surface area contributed by atoms with E-state index >= 15 is 0 Å². The van der Waals surface area contributed by atoms with E-state index in [0.717, 1.165) is 18.4 Å². The average molecular weight is 594 g/mol. The molecule has 2 saturated heterocycles. The van der Waals surface area contributed by atoms with Crippen LogP contribution in [0.25, 0.3) is 11.3 Å². The molecular weight excluding hydrogens is 551 g/mol. The number of piperidine rings is 1. The summed E-state index contributed by atoms with van der Waals surface area (Å²) in [5, 5.41) is 28.5. The molecule has 1 aliphatic carbocycles. The molecule has 1 aromatic carbocycles. The number of amides is 1. The third kappa shape index (κ3) is 6.52. The summed E-state index contributed by atoms with van der Waals surface area (Å²) in [6, 6.07) is 6.38. The Morgan fingerprint density at radius 3 is 2.71 bits per heavy atom. The minimum absolute atomic E-state index is 0.00621. The van der Waals surface area contributed by atoms with Crippen molar-refractivity contribution in [3.63, 3.8) is 0 Å². The van der Waals surface area contributed by atoms with Crippen LogP contribution in [0.15, 0.2) is 36.7 Å². The number of carbonyl (C=O) groups excluding carboxylic acids is 1. The van der Waals surface area contributed by atoms with Crippen LogP contribution in [0.4, 0.5) is 13.2 Å². The lowest BCUT2D eigenvalue weighted by Gasteiger charge is -2.41. The number of rotatable bonds is 8. The molecule has 3 unspecified atom stereocenters. The predicted molar refractivity (Wildman–Crippen MR) is 151 cm³/mol. The van der Waals surface area contributed by atoms with E-state index < -0.39 is 36.0 Å². The molecule has 0 radical (unpaired) electrons. The van der Waals surface area contributed by atoms with Crippen molar-refractivity contribution in [1.29, 1.82) is 0 Å². The highest BCUT2D eigenvalue weighted by atomic mass is 19.4. The number of alkyl halides is 3. The number of ether oxygens (including phenoxy) is 1. The molecule has 0 spiro atoms. The molecule has 42 heavy (non-hydrogen) atoms. The number of nitrogens with one attached hydrogen (secondary N) is 2. The quantitative estimate of drug-likeness (QED) is 0.372. The first-order valence-electron chi connectivity index (χ1n) is 15.0. The van der Waals surface area contributed by atoms with Gasteiger partial charge in [-0.2, -0.15) is 13.2 Å². The maximum absolute atomic E-state index is 14.2. The fourth-order valence-electron chi connectivity index (χ4n) is 7.00. The molecule has 2 aliphatic heterocycles. The summed E-state index contributed by atoms with van der Waals surface area (Å²) >= 11 is 0. The minimum atomic E-state index is -4.37. The van der Waals surface area contributed by atoms with Gasteiger partial charge in [0, 0.05) is 44.4 Å². The van der Waals surface area contributed by atoms with Gasteiger partial charge in [-0.05, 0) is 38.5 Å². The van der Waals surface area contributed by atoms with Gasteiger partial charge in [-0.15, -0.1) is 0 Å². The van der Waals surface area contributed by atoms with E-state index in [-0.39, 0.29) is 37.1 Å². The molecular formula is C30H42F3N5O4. The third-order valence-electron chi connectivity index (χ3n) is 9.14. The van der Waals surface area contributed by atoms with E-state index in [1.807, 2.05) is 34.9 Å². The fourth-order valence-corrected chi connectivity index (χ4v) is 7.00. The molecule has 3 aliphatic rings. The van der Waals surface area contributed by atoms with E-state index in [1.54, 1.807) is 18.3 Å². The van der Waals surface area contributed by atoms with Gasteiger partial charge in [0.25, 0.3) is 5.91 Å². The van der Waals surface area contributed by atoms with Crippen LogP contribution in [0.3, 0.4) is 0 Å². The van der Waals surface area contributed by atoms with Crippen molar-refractivity contribution in [3.05, 3.63) is 42.4 Å². The first kappa shape index (κ1) is 30.9. The van der Waals surface area contributed by atoms with Gasteiger partial charge in [-0.3, -0.25) is 4.79 Å². The summed E-state index contributed by atoms with van der Waals surface area (Å²) in [6.45, 7) is 1.50. The molecule has 9 nitrogen and oxygen atoms in total. The van der Waals surface area contributed by atoms with Crippen molar-refractivity contribution in [1.82, 2.24) is 25.1 Å². The predicted octanol–water partition coefficient (Wildman–Crippen LogP) is 3.28. The van der Waals surface area contributed by atoms with E-state index in [2.05, 4.69) is 15.6 Å². The minimum Gasteiger partial charge on any atom is -0.391 e. The van der Waals surface area contributed by atoms with Gasteiger partial charge in [0.1, 0.15) is 11.6 Å². The van der Waals surface area contributed by atoms with E-state index in [0.29, 0.717) is 51.0 Å². The number of piperazine rings is 1. The molecule has 1 aromatic heterocycles. The van der Waals surface area contributed by atoms with Crippen LogP contribution >= 0.6 is 0 Å². The first-order chi connectivity index (χ1) is 20.1. The van der Waals surface area contributed by atoms with Gasteiger partial charge in [0.2, 0.25) is 0 Å². The number of halogens is 3. The molecule has 3 fully saturated rings. The van der Waals surface area contributed by atoms with Crippen LogP contribution < -0.4 is 10.6 Å². The van der Waals surface area contributed by atoms with Crippen LogP contribution in [0.1, 0.15) is 67.9 Å². The smallest absolute Gasteiger partial charge is 0.391 e. The lowest BCUT2D eigenvalue weighted by molar-refractivity contribution is -0.165. The van der Waals surface area contributed by atoms with Crippen LogP contribution in [0, 0.1) is 0 Å². The summed E-state index contributed by atoms with van der Waals surface area (Å²) in [5.41, 5.74) is 0.545. The molecule has 4 N–H and O–H groups in total. The topological polar surface area (TPSA) is 112 Å². The Hall–Kier alpha value is -2.51. The average Bonchev–Trinajstić information content (AvgIpc) is 3.42. The van der Waals surface area contributed by atoms with Crippen molar-refractivity contribution in [2.75, 3.05) is 33.4 Å². The van der Waals surface area contributed by atoms with Crippen LogP contribution in [-0.4, -0.2) is 99.9 Å². The summed E-state index contributed by atoms with van der Waals surface area (Å²) < 4.78 is 47.4. The Bertz CT molecular complexity index is 1190. The maximum Gasteiger partial charge on any atom is 0.403 e. The largest absolute Gasteiger partial charge is 0.403 e. The highest BCUT2D eigenvalue weighted by Gasteiger charge is 2.45. The normalized spacial score (nSPS) is 29.8. The van der Waals surface area contributed by atoms with Crippen LogP contribution in [0.2, 0.25) is 0 Å². The lowest BCUT2D eigenvalue weighted by atomic mass is 9.80. The fraction of sp³-hybridized carbons (Fsp3) is 0.667. The van der Waals surface area contributed by atoms with Gasteiger partial charge in [-0.25, -0.2) is 4.98 Å². The molecule has 3 heterocycles. The number of aromatic nitrogens is 2. The van der Waals surface area contributed by atoms with E-state index in [1.165, 1.54) is 0 Å². The first-order valence-corrected chi connectivity index (χ1v) is 15.0. The van der Waals surface area contributed by atoms with Gasteiger partial charge in [0.15, 0.2) is 5.69 Å². The Balaban J connectivity index is 1.42. The summed E-state index contributed by atoms with van der Waals surface area (Å²) in [4.78, 5) is 20.5. The maximum atomic E-state index is 14.2. The Labute approximate surface area is 244 Å². The molecule has 1 amide bonds. The van der Waals surface area contributed by atoms with Crippen molar-refractivity contribution < 1.29 is 32.9 Å². The van der Waals surface area contributed by atoms with Gasteiger partial charge < -0.3 is 35.1 Å². The number of methoxy groups -OCH3 is 1. The Kier molecular flexibility index (Phi) is 9.58. The van der Waals surface area contributed by atoms with Crippen molar-refractivity contribution in [2.24, 2.45) is 0 Å². The van der Waals surface area contributed by atoms with E-state index in [4.69, 9.17) is 4.74 Å². The van der Waals surface area contributed by atoms with Gasteiger partial charge in [-0.1, -0.05) is 43.2 Å². The highest BCUT2D eigenvalue weighted by molar-refractivity contribution is 5.98. The number of hydrogen-bond acceptors (Lipinski definition) is 7. The monoisotopic (exact) mass is 593 g/mol. The number of benzene rings is 1. The van der Waals surface area contributed by atoms with E-state index in [9.17, 15) is 28.2 Å². The van der Waals surface area contributed by atoms with Crippen molar-refractivity contribution in [2.45, 2.75) is 93.4 Å². The summed E-state index contributed by atoms with van der Waals surface area (Å²) in [6.07, 6.45) is 0.239. The lowest BCUT2D eigenvalue weighted by Crippen LogP contribution is -2.58. The highest BCUT2D eigenvalue weighted by Crippen LogP contribution is 2.41. The SMILES string of the molecule is COC[C@]1(O)CCCC[C@H]1n1cnc(C(=O)N2CCNC[C@H]2CC(O)C2CCCC(C(F)(F)F)N2)c1-c1ccccc1. The van der Waals surface area contributed by atoms with Crippen LogP contribution in [-0.2, 0) is 4.74 Å². The second-order valence-corrected chi connectivity index (χ2v) is 12.0.